The first kappa shape index (κ1) is 24.8. The molecule has 1 rings (SSSR count). The van der Waals surface area contributed by atoms with Crippen molar-refractivity contribution in [1.29, 1.82) is 5.26 Å². The fraction of sp³-hybridized carbons (Fsp3) is 0.524. The largest absolute Gasteiger partial charge is 0.457 e. The van der Waals surface area contributed by atoms with Crippen molar-refractivity contribution in [3.63, 3.8) is 0 Å². The predicted octanol–water partition coefficient (Wildman–Crippen LogP) is 3.64. The third-order valence-electron chi connectivity index (χ3n) is 3.45. The second-order valence-electron chi connectivity index (χ2n) is 8.02. The summed E-state index contributed by atoms with van der Waals surface area (Å²) in [6, 6.07) is 9.64. The van der Waals surface area contributed by atoms with E-state index in [0.29, 0.717) is 5.01 Å². The summed E-state index contributed by atoms with van der Waals surface area (Å²) in [6.07, 6.45) is -3.26. The molecule has 0 saturated heterocycles. The number of ether oxygens (including phenoxy) is 3. The molecule has 1 N–H and O–H groups in total. The summed E-state index contributed by atoms with van der Waals surface area (Å²) in [5.74, 6) is -1.06. The van der Waals surface area contributed by atoms with Gasteiger partial charge in [0.25, 0.3) is 5.54 Å². The van der Waals surface area contributed by atoms with E-state index in [4.69, 9.17) is 14.2 Å². The Labute approximate surface area is 176 Å². The Morgan fingerprint density at radius 3 is 1.97 bits per heavy atom. The van der Waals surface area contributed by atoms with Crippen LogP contribution in [-0.4, -0.2) is 41.0 Å². The number of esters is 1. The van der Waals surface area contributed by atoms with Crippen LogP contribution in [0.5, 0.6) is 0 Å². The molecule has 0 heterocycles. The molecular weight excluding hydrogens is 390 g/mol. The zero-order valence-electron chi connectivity index (χ0n) is 18.4. The zero-order chi connectivity index (χ0) is 23.1. The van der Waals surface area contributed by atoms with Crippen LogP contribution in [0, 0.1) is 11.3 Å². The molecule has 9 nitrogen and oxygen atoms in total. The smallest absolute Gasteiger partial charge is 0.431 e. The van der Waals surface area contributed by atoms with E-state index in [0.717, 1.165) is 0 Å². The highest BCUT2D eigenvalue weighted by Gasteiger charge is 2.54. The van der Waals surface area contributed by atoms with Gasteiger partial charge in [-0.25, -0.2) is 19.8 Å². The van der Waals surface area contributed by atoms with Crippen molar-refractivity contribution in [2.24, 2.45) is 0 Å². The molecule has 0 saturated carbocycles. The number of carbonyl (C=O) groups is 3. The third-order valence-corrected chi connectivity index (χ3v) is 3.45. The van der Waals surface area contributed by atoms with Gasteiger partial charge in [-0.2, -0.15) is 10.3 Å². The highest BCUT2D eigenvalue weighted by Crippen LogP contribution is 2.31. The van der Waals surface area contributed by atoms with E-state index in [1.807, 2.05) is 6.07 Å². The molecule has 0 unspecified atom stereocenters. The first-order valence-corrected chi connectivity index (χ1v) is 9.51. The minimum absolute atomic E-state index is 0.104. The summed E-state index contributed by atoms with van der Waals surface area (Å²) in [7, 11) is 0. The van der Waals surface area contributed by atoms with Crippen molar-refractivity contribution in [3.8, 4) is 6.07 Å². The monoisotopic (exact) mass is 419 g/mol. The average molecular weight is 419 g/mol. The number of hydrogen-bond acceptors (Lipinski definition) is 7. The Kier molecular flexibility index (Phi) is 8.22. The van der Waals surface area contributed by atoms with Crippen molar-refractivity contribution in [1.82, 2.24) is 10.4 Å². The number of nitrogens with zero attached hydrogens (tertiary/aromatic N) is 2. The number of hydrazine groups is 1. The minimum atomic E-state index is -2.36. The second kappa shape index (κ2) is 9.96. The van der Waals surface area contributed by atoms with E-state index in [9.17, 15) is 19.6 Å². The molecule has 164 valence electrons. The van der Waals surface area contributed by atoms with Crippen LogP contribution in [0.4, 0.5) is 9.59 Å². The first-order chi connectivity index (χ1) is 13.8. The van der Waals surface area contributed by atoms with E-state index in [2.05, 4.69) is 5.43 Å². The summed E-state index contributed by atoms with van der Waals surface area (Å²) in [5.41, 5.74) is -1.05. The minimum Gasteiger partial charge on any atom is -0.457 e. The highest BCUT2D eigenvalue weighted by atomic mass is 16.6. The van der Waals surface area contributed by atoms with Gasteiger partial charge in [-0.05, 0) is 48.5 Å². The van der Waals surface area contributed by atoms with Gasteiger partial charge in [0.1, 0.15) is 11.7 Å². The number of nitrogens with one attached hydrogen (secondary N) is 1. The molecule has 1 aromatic carbocycles. The van der Waals surface area contributed by atoms with Gasteiger partial charge >= 0.3 is 18.2 Å². The molecule has 0 aliphatic carbocycles. The molecule has 0 fully saturated rings. The van der Waals surface area contributed by atoms with Crippen molar-refractivity contribution in [3.05, 3.63) is 35.9 Å². The molecule has 2 amide bonds. The molecule has 9 heteroatoms. The Balaban J connectivity index is 3.65. The lowest BCUT2D eigenvalue weighted by Gasteiger charge is -2.37. The van der Waals surface area contributed by atoms with Gasteiger partial charge in [0.15, 0.2) is 0 Å². The van der Waals surface area contributed by atoms with Crippen molar-refractivity contribution >= 4 is 18.2 Å². The molecule has 1 atom stereocenters. The van der Waals surface area contributed by atoms with Crippen LogP contribution < -0.4 is 5.43 Å². The van der Waals surface area contributed by atoms with Crippen LogP contribution in [0.2, 0.25) is 0 Å². The standard InChI is InChI=1S/C21H29N3O6/c1-14(2)28-18(26)23-24(19(27)29-15(3)4)21(13-22,16-11-9-8-10-12-16)17(25)30-20(5,6)7/h8-12,14-15H,1-7H3,(H,23,26)/t21-/m0/s1. The zero-order valence-corrected chi connectivity index (χ0v) is 18.4. The van der Waals surface area contributed by atoms with Crippen molar-refractivity contribution < 1.29 is 28.6 Å². The molecule has 30 heavy (non-hydrogen) atoms. The van der Waals surface area contributed by atoms with Gasteiger partial charge in [-0.3, -0.25) is 0 Å². The van der Waals surface area contributed by atoms with Crippen LogP contribution in [0.1, 0.15) is 54.0 Å². The lowest BCUT2D eigenvalue weighted by atomic mass is 9.90. The maximum atomic E-state index is 13.3. The van der Waals surface area contributed by atoms with Crippen molar-refractivity contribution in [2.75, 3.05) is 0 Å². The third kappa shape index (κ3) is 6.37. The van der Waals surface area contributed by atoms with Crippen LogP contribution in [-0.2, 0) is 24.5 Å². The summed E-state index contributed by atoms with van der Waals surface area (Å²) in [5, 5.41) is 10.7. The van der Waals surface area contributed by atoms with Gasteiger partial charge in [0.05, 0.1) is 12.2 Å². The normalized spacial score (nSPS) is 13.1. The summed E-state index contributed by atoms with van der Waals surface area (Å²) in [6.45, 7) is 11.3. The lowest BCUT2D eigenvalue weighted by Crippen LogP contribution is -2.62. The fourth-order valence-electron chi connectivity index (χ4n) is 2.38. The van der Waals surface area contributed by atoms with Gasteiger partial charge in [-0.15, -0.1) is 0 Å². The Morgan fingerprint density at radius 2 is 1.53 bits per heavy atom. The average Bonchev–Trinajstić information content (AvgIpc) is 2.60. The number of benzene rings is 1. The molecule has 0 spiro atoms. The highest BCUT2D eigenvalue weighted by molar-refractivity contribution is 5.91. The molecule has 1 aromatic rings. The van der Waals surface area contributed by atoms with Crippen molar-refractivity contribution in [2.45, 2.75) is 71.8 Å². The van der Waals surface area contributed by atoms with Gasteiger partial charge in [0, 0.05) is 5.56 Å². The van der Waals surface area contributed by atoms with Crippen LogP contribution in [0.25, 0.3) is 0 Å². The van der Waals surface area contributed by atoms with E-state index >= 15 is 0 Å². The Hall–Kier alpha value is -3.28. The predicted molar refractivity (Wildman–Crippen MR) is 108 cm³/mol. The number of carbonyl (C=O) groups excluding carboxylic acids is 3. The van der Waals surface area contributed by atoms with E-state index in [-0.39, 0.29) is 5.56 Å². The molecule has 0 aromatic heterocycles. The molecule has 0 aliphatic heterocycles. The summed E-state index contributed by atoms with van der Waals surface area (Å²) in [4.78, 5) is 38.5. The topological polar surface area (TPSA) is 118 Å². The maximum absolute atomic E-state index is 13.3. The Bertz CT molecular complexity index is 795. The van der Waals surface area contributed by atoms with E-state index < -0.39 is 41.5 Å². The number of nitriles is 1. The SMILES string of the molecule is CC(C)OC(=O)NN(C(=O)OC(C)C)[C@](C#N)(C(=O)OC(C)(C)C)c1ccccc1. The van der Waals surface area contributed by atoms with E-state index in [1.165, 1.54) is 12.1 Å². The van der Waals surface area contributed by atoms with Crippen LogP contribution >= 0.6 is 0 Å². The van der Waals surface area contributed by atoms with Gasteiger partial charge < -0.3 is 14.2 Å². The number of rotatable bonds is 5. The number of hydrogen-bond donors (Lipinski definition) is 1. The summed E-state index contributed by atoms with van der Waals surface area (Å²) < 4.78 is 15.7. The lowest BCUT2D eigenvalue weighted by molar-refractivity contribution is -0.167. The van der Waals surface area contributed by atoms with Gasteiger partial charge in [0.2, 0.25) is 0 Å². The summed E-state index contributed by atoms with van der Waals surface area (Å²) >= 11 is 0. The Morgan fingerprint density at radius 1 is 1.00 bits per heavy atom. The fourth-order valence-corrected chi connectivity index (χ4v) is 2.38. The first-order valence-electron chi connectivity index (χ1n) is 9.51. The molecular formula is C21H29N3O6. The van der Waals surface area contributed by atoms with Gasteiger partial charge in [-0.1, -0.05) is 30.3 Å². The second-order valence-corrected chi connectivity index (χ2v) is 8.02. The quantitative estimate of drug-likeness (QED) is 0.440. The number of amides is 2. The van der Waals surface area contributed by atoms with Crippen LogP contribution in [0.15, 0.2) is 30.3 Å². The van der Waals surface area contributed by atoms with E-state index in [1.54, 1.807) is 66.7 Å². The molecule has 0 aliphatic rings. The molecule has 0 radical (unpaired) electrons. The van der Waals surface area contributed by atoms with Crippen LogP contribution in [0.3, 0.4) is 0 Å². The maximum Gasteiger partial charge on any atom is 0.431 e. The molecule has 0 bridgehead atoms.